The molecule has 0 aliphatic rings. The summed E-state index contributed by atoms with van der Waals surface area (Å²) in [6.45, 7) is 18.8. The van der Waals surface area contributed by atoms with Gasteiger partial charge in [0.1, 0.15) is 18.1 Å². The van der Waals surface area contributed by atoms with E-state index in [1.165, 1.54) is 5.56 Å². The van der Waals surface area contributed by atoms with E-state index in [9.17, 15) is 14.4 Å². The lowest BCUT2D eigenvalue weighted by Gasteiger charge is -2.24. The van der Waals surface area contributed by atoms with Crippen LogP contribution in [0.4, 0.5) is 0 Å². The molecule has 4 aromatic rings. The second-order valence-electron chi connectivity index (χ2n) is 17.5. The van der Waals surface area contributed by atoms with Gasteiger partial charge in [-0.1, -0.05) is 89.2 Å². The topological polar surface area (TPSA) is 122 Å². The van der Waals surface area contributed by atoms with E-state index in [1.807, 2.05) is 63.4 Å². The Morgan fingerprint density at radius 3 is 1.95 bits per heavy atom. The lowest BCUT2D eigenvalue weighted by atomic mass is 9.85. The summed E-state index contributed by atoms with van der Waals surface area (Å²) in [5, 5.41) is 5.06. The fraction of sp³-hybridized carbons (Fsp3) is 0.529. The first-order chi connectivity index (χ1) is 29.3. The molecule has 0 aliphatic heterocycles. The van der Waals surface area contributed by atoms with Crippen molar-refractivity contribution in [3.63, 3.8) is 0 Å². The number of aryl methyl sites for hydroxylation is 2. The number of hydrogen-bond donors (Lipinski definition) is 1. The van der Waals surface area contributed by atoms with Crippen LogP contribution in [0, 0.1) is 18.3 Å². The zero-order valence-electron chi connectivity index (χ0n) is 37.8. The van der Waals surface area contributed by atoms with Crippen molar-refractivity contribution in [1.29, 1.82) is 0 Å². The molecule has 0 saturated heterocycles. The fourth-order valence-electron chi connectivity index (χ4n) is 7.15. The summed E-state index contributed by atoms with van der Waals surface area (Å²) < 4.78 is 28.7. The lowest BCUT2D eigenvalue weighted by molar-refractivity contribution is -0.129. The SMILES string of the molecule is CC(=O)C[C@H](CC(=O)[C@@H](NC(=O)CCCCc1cc(C)ccn1)C(C)C)c1ccc(-c2ccc(OCCOCCOCCOCCOCCC(C)(C)C)c3ccccc23)cc1. The van der Waals surface area contributed by atoms with Crippen LogP contribution in [0.1, 0.15) is 103 Å². The van der Waals surface area contributed by atoms with Crippen molar-refractivity contribution in [2.24, 2.45) is 11.3 Å². The van der Waals surface area contributed by atoms with E-state index in [4.69, 9.17) is 23.7 Å². The number of aromatic nitrogens is 1. The summed E-state index contributed by atoms with van der Waals surface area (Å²) in [5.41, 5.74) is 5.46. The maximum absolute atomic E-state index is 13.8. The van der Waals surface area contributed by atoms with Crippen LogP contribution < -0.4 is 10.1 Å². The van der Waals surface area contributed by atoms with E-state index in [-0.39, 0.29) is 47.6 Å². The number of benzene rings is 3. The number of rotatable bonds is 29. The van der Waals surface area contributed by atoms with Gasteiger partial charge in [-0.15, -0.1) is 0 Å². The van der Waals surface area contributed by atoms with Crippen LogP contribution in [0.15, 0.2) is 79.0 Å². The van der Waals surface area contributed by atoms with Crippen molar-refractivity contribution in [2.75, 3.05) is 59.5 Å². The van der Waals surface area contributed by atoms with Gasteiger partial charge in [0.2, 0.25) is 5.91 Å². The lowest BCUT2D eigenvalue weighted by Crippen LogP contribution is -2.44. The summed E-state index contributed by atoms with van der Waals surface area (Å²) >= 11 is 0. The molecule has 332 valence electrons. The zero-order valence-corrected chi connectivity index (χ0v) is 37.8. The average molecular weight is 839 g/mol. The number of Topliss-reactive ketones (excluding diaryl/α,β-unsaturated/α-hetero) is 2. The van der Waals surface area contributed by atoms with Crippen LogP contribution in [0.25, 0.3) is 21.9 Å². The minimum Gasteiger partial charge on any atom is -0.491 e. The van der Waals surface area contributed by atoms with Gasteiger partial charge in [-0.2, -0.15) is 0 Å². The number of fused-ring (bicyclic) bond motifs is 1. The number of amides is 1. The van der Waals surface area contributed by atoms with Crippen molar-refractivity contribution < 1.29 is 38.1 Å². The molecule has 0 saturated carbocycles. The highest BCUT2D eigenvalue weighted by Gasteiger charge is 2.28. The number of ether oxygens (including phenoxy) is 5. The molecule has 0 aliphatic carbocycles. The third kappa shape index (κ3) is 18.2. The number of unbranched alkanes of at least 4 members (excludes halogenated alkanes) is 1. The number of carbonyl (C=O) groups is 3. The highest BCUT2D eigenvalue weighted by molar-refractivity contribution is 6.00. The van der Waals surface area contributed by atoms with Crippen molar-refractivity contribution in [1.82, 2.24) is 10.3 Å². The highest BCUT2D eigenvalue weighted by Crippen LogP contribution is 2.36. The number of hydrogen-bond acceptors (Lipinski definition) is 9. The maximum Gasteiger partial charge on any atom is 0.220 e. The number of carbonyl (C=O) groups excluding carboxylic acids is 3. The van der Waals surface area contributed by atoms with Crippen LogP contribution >= 0.6 is 0 Å². The van der Waals surface area contributed by atoms with Gasteiger partial charge in [-0.25, -0.2) is 0 Å². The molecule has 0 fully saturated rings. The molecule has 61 heavy (non-hydrogen) atoms. The molecule has 4 rings (SSSR count). The van der Waals surface area contributed by atoms with Gasteiger partial charge in [0.15, 0.2) is 5.78 Å². The maximum atomic E-state index is 13.8. The van der Waals surface area contributed by atoms with Crippen LogP contribution in [-0.2, 0) is 39.8 Å². The Bertz CT molecular complexity index is 1940. The van der Waals surface area contributed by atoms with Gasteiger partial charge < -0.3 is 33.8 Å². The second-order valence-corrected chi connectivity index (χ2v) is 17.5. The summed E-state index contributed by atoms with van der Waals surface area (Å²) in [7, 11) is 0. The van der Waals surface area contributed by atoms with Gasteiger partial charge >= 0.3 is 0 Å². The van der Waals surface area contributed by atoms with Crippen LogP contribution in [0.2, 0.25) is 0 Å². The van der Waals surface area contributed by atoms with Crippen molar-refractivity contribution >= 4 is 28.2 Å². The Morgan fingerprint density at radius 1 is 0.721 bits per heavy atom. The van der Waals surface area contributed by atoms with Crippen LogP contribution in [0.3, 0.4) is 0 Å². The molecule has 0 spiro atoms. The molecule has 1 aromatic heterocycles. The minimum absolute atomic E-state index is 0.0142. The van der Waals surface area contributed by atoms with E-state index < -0.39 is 6.04 Å². The highest BCUT2D eigenvalue weighted by atomic mass is 16.6. The quantitative estimate of drug-likeness (QED) is 0.0533. The number of nitrogens with zero attached hydrogens (tertiary/aromatic N) is 1. The Balaban J connectivity index is 1.24. The Hall–Kier alpha value is -4.48. The van der Waals surface area contributed by atoms with E-state index in [0.717, 1.165) is 64.8 Å². The zero-order chi connectivity index (χ0) is 44.0. The Labute approximate surface area is 364 Å². The molecule has 10 nitrogen and oxygen atoms in total. The van der Waals surface area contributed by atoms with Crippen LogP contribution in [0.5, 0.6) is 5.75 Å². The Morgan fingerprint density at radius 2 is 1.34 bits per heavy atom. The third-order valence-electron chi connectivity index (χ3n) is 10.5. The van der Waals surface area contributed by atoms with E-state index in [0.29, 0.717) is 65.7 Å². The predicted molar refractivity (Wildman–Crippen MR) is 243 cm³/mol. The first kappa shape index (κ1) is 49.2. The molecule has 2 atom stereocenters. The Kier molecular flexibility index (Phi) is 21.0. The molecule has 0 radical (unpaired) electrons. The monoisotopic (exact) mass is 839 g/mol. The molecular formula is C51H70N2O8. The molecule has 1 amide bonds. The van der Waals surface area contributed by atoms with Gasteiger partial charge in [-0.3, -0.25) is 14.6 Å². The first-order valence-electron chi connectivity index (χ1n) is 22.1. The molecule has 3 aromatic carbocycles. The van der Waals surface area contributed by atoms with Crippen LogP contribution in [-0.4, -0.2) is 88.0 Å². The predicted octanol–water partition coefficient (Wildman–Crippen LogP) is 9.67. The molecule has 10 heteroatoms. The molecule has 1 N–H and O–H groups in total. The van der Waals surface area contributed by atoms with Gasteiger partial charge in [0.25, 0.3) is 0 Å². The summed E-state index contributed by atoms with van der Waals surface area (Å²) in [6, 6.07) is 23.8. The third-order valence-corrected chi connectivity index (χ3v) is 10.5. The van der Waals surface area contributed by atoms with E-state index in [1.54, 1.807) is 6.92 Å². The minimum atomic E-state index is -0.623. The van der Waals surface area contributed by atoms with Gasteiger partial charge in [0.05, 0.1) is 52.3 Å². The smallest absolute Gasteiger partial charge is 0.220 e. The molecular weight excluding hydrogens is 769 g/mol. The van der Waals surface area contributed by atoms with Crippen molar-refractivity contribution in [2.45, 2.75) is 105 Å². The number of pyridine rings is 1. The second kappa shape index (κ2) is 26.1. The first-order valence-corrected chi connectivity index (χ1v) is 22.1. The normalized spacial score (nSPS) is 12.7. The molecule has 0 unspecified atom stereocenters. The number of nitrogens with one attached hydrogen (secondary N) is 1. The summed E-state index contributed by atoms with van der Waals surface area (Å²) in [4.78, 5) is 43.6. The summed E-state index contributed by atoms with van der Waals surface area (Å²) in [5.74, 6) is 0.218. The van der Waals surface area contributed by atoms with E-state index >= 15 is 0 Å². The largest absolute Gasteiger partial charge is 0.491 e. The standard InChI is InChI=1S/C51H70N2O8/c1-37(2)50(53-49(56)15-11-8-12-43-34-38(3)22-24-52-43)47(55)36-42(35-39(4)54)40-16-18-41(19-17-40)44-20-21-48(46-14-10-9-13-45(44)46)61-33-32-60-31-30-59-29-28-58-27-26-57-25-23-51(5,6)7/h9-10,13-14,16-22,24,34,37,42,50H,8,11-12,15,23,25-33,35-36H2,1-7H3,(H,53,56)/t42-,50+/m1/s1. The number of ketones is 2. The van der Waals surface area contributed by atoms with Crippen molar-refractivity contribution in [3.05, 3.63) is 95.8 Å². The summed E-state index contributed by atoms with van der Waals surface area (Å²) in [6.07, 6.45) is 5.95. The van der Waals surface area contributed by atoms with Crippen molar-refractivity contribution in [3.8, 4) is 16.9 Å². The fourth-order valence-corrected chi connectivity index (χ4v) is 7.15. The van der Waals surface area contributed by atoms with E-state index in [2.05, 4.69) is 67.5 Å². The van der Waals surface area contributed by atoms with Gasteiger partial charge in [0, 0.05) is 43.1 Å². The van der Waals surface area contributed by atoms with Gasteiger partial charge in [-0.05, 0) is 103 Å². The molecule has 1 heterocycles. The molecule has 0 bridgehead atoms. The average Bonchev–Trinajstić information content (AvgIpc) is 3.22.